The van der Waals surface area contributed by atoms with Crippen molar-refractivity contribution >= 4 is 27.0 Å². The number of carbonyl (C=O) groups excluding carboxylic acids is 1. The normalized spacial score (nSPS) is 14.2. The van der Waals surface area contributed by atoms with Gasteiger partial charge in [-0.05, 0) is 48.4 Å². The Morgan fingerprint density at radius 3 is 2.43 bits per heavy atom. The van der Waals surface area contributed by atoms with Gasteiger partial charge < -0.3 is 5.11 Å². The maximum atomic E-state index is 14.5. The number of nitrogens with two attached hydrogens (primary N) is 1. The summed E-state index contributed by atoms with van der Waals surface area (Å²) in [7, 11) is -3.37. The quantitative estimate of drug-likeness (QED) is 0.620. The fourth-order valence-corrected chi connectivity index (χ4v) is 5.37. The molecule has 0 spiro atoms. The summed E-state index contributed by atoms with van der Waals surface area (Å²) in [6.45, 7) is 10.6. The van der Waals surface area contributed by atoms with Crippen LogP contribution in [0.3, 0.4) is 0 Å². The third kappa shape index (κ3) is 5.72. The lowest BCUT2D eigenvalue weighted by Crippen LogP contribution is -2.18. The van der Waals surface area contributed by atoms with Gasteiger partial charge in [-0.15, -0.1) is 11.3 Å². The van der Waals surface area contributed by atoms with Gasteiger partial charge in [-0.25, -0.2) is 23.1 Å². The Bertz CT molecular complexity index is 1050. The Labute approximate surface area is 182 Å². The summed E-state index contributed by atoms with van der Waals surface area (Å²) in [6, 6.07) is 3.16. The van der Waals surface area contributed by atoms with Crippen LogP contribution in [0.4, 0.5) is 4.39 Å². The van der Waals surface area contributed by atoms with Crippen molar-refractivity contribution in [2.75, 3.05) is 6.54 Å². The van der Waals surface area contributed by atoms with E-state index in [4.69, 9.17) is 5.14 Å². The molecule has 3 N–H and O–H groups in total. The fourth-order valence-electron chi connectivity index (χ4n) is 3.17. The van der Waals surface area contributed by atoms with E-state index in [1.807, 2.05) is 27.7 Å². The number of ketones is 1. The summed E-state index contributed by atoms with van der Waals surface area (Å²) < 4.78 is 31.2. The van der Waals surface area contributed by atoms with Crippen LogP contribution in [0.1, 0.15) is 74.9 Å². The Hall–Kier alpha value is -1.68. The van der Waals surface area contributed by atoms with E-state index >= 15 is 0 Å². The second kappa shape index (κ2) is 9.21. The summed E-state index contributed by atoms with van der Waals surface area (Å²) in [6.07, 6.45) is 1.39. The Balaban J connectivity index is 2.31. The van der Waals surface area contributed by atoms with Crippen LogP contribution in [0.15, 0.2) is 27.0 Å². The number of hydrogen-bond acceptors (Lipinski definition) is 6. The highest BCUT2D eigenvalue weighted by atomic mass is 32.2. The smallest absolute Gasteiger partial charge is 0.204 e. The molecule has 30 heavy (non-hydrogen) atoms. The number of aromatic nitrogens is 1. The van der Waals surface area contributed by atoms with Crippen LogP contribution in [0.25, 0.3) is 0 Å². The van der Waals surface area contributed by atoms with Crippen molar-refractivity contribution in [2.45, 2.75) is 69.7 Å². The van der Waals surface area contributed by atoms with E-state index in [1.165, 1.54) is 12.3 Å². The van der Waals surface area contributed by atoms with Gasteiger partial charge >= 0.3 is 0 Å². The molecule has 0 aliphatic rings. The average Bonchev–Trinajstić information content (AvgIpc) is 3.11. The summed E-state index contributed by atoms with van der Waals surface area (Å²) in [5.41, 5.74) is 0.968. The number of hydrogen-bond donors (Lipinski definition) is 2. The Morgan fingerprint density at radius 2 is 1.93 bits per heavy atom. The molecule has 0 saturated heterocycles. The Kier molecular flexibility index (Phi) is 7.55. The average molecular weight is 456 g/mol. The van der Waals surface area contributed by atoms with Gasteiger partial charge in [0.1, 0.15) is 12.4 Å². The summed E-state index contributed by atoms with van der Waals surface area (Å²) in [5, 5.41) is 15.9. The summed E-state index contributed by atoms with van der Waals surface area (Å²) in [4.78, 5) is 17.2. The molecule has 2 rings (SSSR count). The minimum Gasteiger partial charge on any atom is -0.385 e. The van der Waals surface area contributed by atoms with E-state index < -0.39 is 15.5 Å². The van der Waals surface area contributed by atoms with Gasteiger partial charge in [0.2, 0.25) is 4.34 Å². The molecule has 1 aromatic heterocycles. The zero-order valence-electron chi connectivity index (χ0n) is 18.2. The lowest BCUT2D eigenvalue weighted by molar-refractivity contribution is -0.117. The maximum Gasteiger partial charge on any atom is 0.204 e. The van der Waals surface area contributed by atoms with Crippen molar-refractivity contribution in [3.63, 3.8) is 0 Å². The molecule has 0 radical (unpaired) electrons. The van der Waals surface area contributed by atoms with Crippen molar-refractivity contribution in [3.8, 4) is 0 Å². The summed E-state index contributed by atoms with van der Waals surface area (Å²) in [5.74, 6) is -0.601. The van der Waals surface area contributed by atoms with Crippen LogP contribution in [0.5, 0.6) is 0 Å². The predicted octanol–water partition coefficient (Wildman–Crippen LogP) is 4.27. The van der Waals surface area contributed by atoms with Crippen LogP contribution in [0, 0.1) is 5.82 Å². The first-order valence-electron chi connectivity index (χ1n) is 9.76. The first kappa shape index (κ1) is 24.6. The molecule has 0 saturated carbocycles. The minimum absolute atomic E-state index is 0.00933. The molecule has 6 nitrogen and oxygen atoms in total. The van der Waals surface area contributed by atoms with Crippen LogP contribution in [-0.4, -0.2) is 26.6 Å². The van der Waals surface area contributed by atoms with Crippen molar-refractivity contribution in [1.82, 2.24) is 4.98 Å². The van der Waals surface area contributed by atoms with Crippen LogP contribution < -0.4 is 5.14 Å². The van der Waals surface area contributed by atoms with Crippen LogP contribution in [0.2, 0.25) is 0 Å². The van der Waals surface area contributed by atoms with E-state index in [0.717, 1.165) is 16.9 Å². The minimum atomic E-state index is -3.37. The fraction of sp³-hybridized carbons (Fsp3) is 0.524. The molecule has 9 heteroatoms. The number of thiazole rings is 1. The molecule has 1 aromatic carbocycles. The van der Waals surface area contributed by atoms with E-state index in [9.17, 15) is 18.5 Å². The Morgan fingerprint density at radius 1 is 1.30 bits per heavy atom. The summed E-state index contributed by atoms with van der Waals surface area (Å²) >= 11 is 1.00. The van der Waals surface area contributed by atoms with Crippen molar-refractivity contribution in [2.24, 2.45) is 9.50 Å². The van der Waals surface area contributed by atoms with Gasteiger partial charge in [0.05, 0.1) is 10.5 Å². The van der Waals surface area contributed by atoms with Gasteiger partial charge in [0, 0.05) is 12.6 Å². The highest BCUT2D eigenvalue weighted by Crippen LogP contribution is 2.31. The molecule has 0 fully saturated rings. The first-order valence-corrected chi connectivity index (χ1v) is 12.2. The van der Waals surface area contributed by atoms with Gasteiger partial charge in [-0.1, -0.05) is 33.8 Å². The molecule has 2 aromatic rings. The monoisotopic (exact) mass is 455 g/mol. The number of benzene rings is 1. The predicted molar refractivity (Wildman–Crippen MR) is 119 cm³/mol. The van der Waals surface area contributed by atoms with Gasteiger partial charge in [0.25, 0.3) is 0 Å². The van der Waals surface area contributed by atoms with E-state index in [2.05, 4.69) is 9.35 Å². The zero-order chi connectivity index (χ0) is 22.9. The number of halogens is 1. The molecule has 0 amide bonds. The van der Waals surface area contributed by atoms with Crippen molar-refractivity contribution in [1.29, 1.82) is 0 Å². The molecule has 0 bridgehead atoms. The molecule has 166 valence electrons. The van der Waals surface area contributed by atoms with E-state index in [0.29, 0.717) is 16.0 Å². The molecule has 1 atom stereocenters. The van der Waals surface area contributed by atoms with Gasteiger partial charge in [-0.3, -0.25) is 4.79 Å². The highest BCUT2D eigenvalue weighted by Gasteiger charge is 2.23. The van der Waals surface area contributed by atoms with Gasteiger partial charge in [0.15, 0.2) is 15.7 Å². The van der Waals surface area contributed by atoms with Gasteiger partial charge in [-0.2, -0.15) is 0 Å². The van der Waals surface area contributed by atoms with E-state index in [-0.39, 0.29) is 40.7 Å². The lowest BCUT2D eigenvalue weighted by Gasteiger charge is -2.20. The third-order valence-electron chi connectivity index (χ3n) is 4.68. The molecule has 0 aliphatic carbocycles. The second-order valence-corrected chi connectivity index (χ2v) is 11.5. The SMILES string of the molecule is CC(C)c1ccc(F)c(C(C)C)c1CC(=O)CN=S(N)(=O)c1ncc(C(C)(C)O)s1. The third-order valence-corrected chi connectivity index (χ3v) is 7.87. The number of nitrogens with zero attached hydrogens (tertiary/aromatic N) is 2. The van der Waals surface area contributed by atoms with Crippen LogP contribution >= 0.6 is 11.3 Å². The van der Waals surface area contributed by atoms with Crippen molar-refractivity contribution < 1.29 is 18.5 Å². The number of Topliss-reactive ketones (excluding diaryl/α,β-unsaturated/α-hetero) is 1. The molecule has 0 aliphatic heterocycles. The molecular weight excluding hydrogens is 425 g/mol. The topological polar surface area (TPSA) is 106 Å². The first-order chi connectivity index (χ1) is 13.7. The van der Waals surface area contributed by atoms with Crippen molar-refractivity contribution in [3.05, 3.63) is 45.7 Å². The number of rotatable bonds is 8. The standard InChI is InChI=1S/C21H30FN3O3S2/c1-12(2)15-7-8-17(22)19(13(3)4)16(15)9-14(26)10-25-30(23,28)20-24-11-18(29-20)21(5,6)27/h7-8,11-13,27H,9-10H2,1-6H3,(H2,23,25,28). The molecule has 1 heterocycles. The van der Waals surface area contributed by atoms with Crippen LogP contribution in [-0.2, 0) is 26.7 Å². The lowest BCUT2D eigenvalue weighted by atomic mass is 9.86. The maximum absolute atomic E-state index is 14.5. The zero-order valence-corrected chi connectivity index (χ0v) is 19.9. The largest absolute Gasteiger partial charge is 0.385 e. The molecular formula is C21H30FN3O3S2. The highest BCUT2D eigenvalue weighted by molar-refractivity contribution is 7.93. The van der Waals surface area contributed by atoms with E-state index in [1.54, 1.807) is 19.9 Å². The molecule has 1 unspecified atom stereocenters. The number of aliphatic hydroxyl groups is 1. The number of carbonyl (C=O) groups is 1. The second-order valence-electron chi connectivity index (χ2n) is 8.46.